The van der Waals surface area contributed by atoms with Gasteiger partial charge in [-0.1, -0.05) is 19.3 Å². The molecular formula is C10H19NO2. The molecule has 1 amide bonds. The van der Waals surface area contributed by atoms with Crippen LogP contribution in [-0.4, -0.2) is 19.2 Å². The molecule has 13 heavy (non-hydrogen) atoms. The molecule has 0 atom stereocenters. The van der Waals surface area contributed by atoms with Crippen LogP contribution in [0.3, 0.4) is 0 Å². The summed E-state index contributed by atoms with van der Waals surface area (Å²) in [5.74, 6) is 0.419. The predicted molar refractivity (Wildman–Crippen MR) is 51.2 cm³/mol. The molecule has 1 aliphatic rings. The largest absolute Gasteiger partial charge is 0.362 e. The van der Waals surface area contributed by atoms with E-state index >= 15 is 0 Å². The van der Waals surface area contributed by atoms with Gasteiger partial charge in [0.25, 0.3) is 0 Å². The van der Waals surface area contributed by atoms with Crippen molar-refractivity contribution in [2.75, 3.05) is 13.3 Å². The molecule has 0 bridgehead atoms. The smallest absolute Gasteiger partial charge is 0.224 e. The quantitative estimate of drug-likeness (QED) is 0.534. The van der Waals surface area contributed by atoms with Crippen LogP contribution in [0.2, 0.25) is 0 Å². The van der Waals surface area contributed by atoms with Crippen molar-refractivity contribution in [2.45, 2.75) is 39.0 Å². The summed E-state index contributed by atoms with van der Waals surface area (Å²) in [4.78, 5) is 11.5. The van der Waals surface area contributed by atoms with Gasteiger partial charge < -0.3 is 10.1 Å². The Bertz CT molecular complexity index is 153. The van der Waals surface area contributed by atoms with E-state index in [1.165, 1.54) is 19.3 Å². The molecule has 3 heteroatoms. The van der Waals surface area contributed by atoms with Gasteiger partial charge in [0.05, 0.1) is 0 Å². The fourth-order valence-electron chi connectivity index (χ4n) is 1.73. The van der Waals surface area contributed by atoms with Crippen LogP contribution >= 0.6 is 0 Å². The van der Waals surface area contributed by atoms with Crippen molar-refractivity contribution >= 4 is 5.91 Å². The summed E-state index contributed by atoms with van der Waals surface area (Å²) in [5, 5.41) is 2.79. The second-order valence-electron chi connectivity index (χ2n) is 3.51. The zero-order valence-electron chi connectivity index (χ0n) is 8.34. The Labute approximate surface area is 79.8 Å². The van der Waals surface area contributed by atoms with Crippen molar-refractivity contribution in [2.24, 2.45) is 5.92 Å². The van der Waals surface area contributed by atoms with Gasteiger partial charge in [0.1, 0.15) is 6.73 Å². The highest BCUT2D eigenvalue weighted by molar-refractivity contribution is 5.78. The van der Waals surface area contributed by atoms with E-state index in [0.29, 0.717) is 13.3 Å². The molecular weight excluding hydrogens is 166 g/mol. The highest BCUT2D eigenvalue weighted by atomic mass is 16.5. The van der Waals surface area contributed by atoms with E-state index in [-0.39, 0.29) is 11.8 Å². The predicted octanol–water partition coefficient (Wildman–Crippen LogP) is 1.68. The summed E-state index contributed by atoms with van der Waals surface area (Å²) in [6, 6.07) is 0. The molecule has 3 nitrogen and oxygen atoms in total. The normalized spacial score (nSPS) is 18.5. The third-order valence-electron chi connectivity index (χ3n) is 2.53. The Morgan fingerprint density at radius 2 is 2.08 bits per heavy atom. The number of carbonyl (C=O) groups is 1. The van der Waals surface area contributed by atoms with Gasteiger partial charge in [0, 0.05) is 12.5 Å². The average Bonchev–Trinajstić information content (AvgIpc) is 2.19. The van der Waals surface area contributed by atoms with Crippen molar-refractivity contribution < 1.29 is 9.53 Å². The first kappa shape index (κ1) is 10.5. The molecule has 1 saturated carbocycles. The summed E-state index contributed by atoms with van der Waals surface area (Å²) in [6.45, 7) is 2.95. The van der Waals surface area contributed by atoms with Gasteiger partial charge in [-0.3, -0.25) is 4.79 Å². The Hall–Kier alpha value is -0.570. The van der Waals surface area contributed by atoms with Crippen molar-refractivity contribution in [1.82, 2.24) is 5.32 Å². The summed E-state index contributed by atoms with van der Waals surface area (Å²) in [6.07, 6.45) is 5.80. The molecule has 1 rings (SSSR count). The first-order valence-electron chi connectivity index (χ1n) is 5.20. The lowest BCUT2D eigenvalue weighted by atomic mass is 9.89. The van der Waals surface area contributed by atoms with Gasteiger partial charge in [0.2, 0.25) is 5.91 Å². The summed E-state index contributed by atoms with van der Waals surface area (Å²) < 4.78 is 5.06. The van der Waals surface area contributed by atoms with Crippen molar-refractivity contribution in [1.29, 1.82) is 0 Å². The molecule has 0 heterocycles. The minimum Gasteiger partial charge on any atom is -0.362 e. The third kappa shape index (κ3) is 3.77. The van der Waals surface area contributed by atoms with Crippen molar-refractivity contribution in [3.8, 4) is 0 Å². The molecule has 0 radical (unpaired) electrons. The highest BCUT2D eigenvalue weighted by Crippen LogP contribution is 2.23. The van der Waals surface area contributed by atoms with E-state index in [9.17, 15) is 4.79 Å². The molecule has 1 fully saturated rings. The Balaban J connectivity index is 2.13. The minimum absolute atomic E-state index is 0.174. The molecule has 0 aromatic rings. The van der Waals surface area contributed by atoms with Crippen LogP contribution in [-0.2, 0) is 9.53 Å². The molecule has 0 unspecified atom stereocenters. The van der Waals surface area contributed by atoms with E-state index < -0.39 is 0 Å². The maximum absolute atomic E-state index is 11.5. The molecule has 0 spiro atoms. The SMILES string of the molecule is CCOCNC(=O)C1CCCCC1. The Kier molecular flexibility index (Phi) is 4.83. The maximum Gasteiger partial charge on any atom is 0.224 e. The van der Waals surface area contributed by atoms with Gasteiger partial charge in [0.15, 0.2) is 0 Å². The highest BCUT2D eigenvalue weighted by Gasteiger charge is 2.20. The number of nitrogens with one attached hydrogen (secondary N) is 1. The topological polar surface area (TPSA) is 38.3 Å². The molecule has 1 aliphatic carbocycles. The fraction of sp³-hybridized carbons (Fsp3) is 0.900. The monoisotopic (exact) mass is 185 g/mol. The zero-order chi connectivity index (χ0) is 9.52. The van der Waals surface area contributed by atoms with E-state index in [2.05, 4.69) is 5.32 Å². The molecule has 0 aliphatic heterocycles. The molecule has 76 valence electrons. The van der Waals surface area contributed by atoms with Gasteiger partial charge >= 0.3 is 0 Å². The van der Waals surface area contributed by atoms with E-state index in [0.717, 1.165) is 12.8 Å². The zero-order valence-corrected chi connectivity index (χ0v) is 8.34. The second-order valence-corrected chi connectivity index (χ2v) is 3.51. The number of ether oxygens (including phenoxy) is 1. The van der Waals surface area contributed by atoms with Gasteiger partial charge in [-0.05, 0) is 19.8 Å². The number of hydrogen-bond acceptors (Lipinski definition) is 2. The third-order valence-corrected chi connectivity index (χ3v) is 2.53. The second kappa shape index (κ2) is 5.97. The van der Waals surface area contributed by atoms with E-state index in [4.69, 9.17) is 4.74 Å². The van der Waals surface area contributed by atoms with Gasteiger partial charge in [-0.25, -0.2) is 0 Å². The summed E-state index contributed by atoms with van der Waals surface area (Å²) >= 11 is 0. The van der Waals surface area contributed by atoms with Crippen LogP contribution in [0.15, 0.2) is 0 Å². The number of carbonyl (C=O) groups excluding carboxylic acids is 1. The van der Waals surface area contributed by atoms with Crippen molar-refractivity contribution in [3.05, 3.63) is 0 Å². The minimum atomic E-state index is 0.174. The molecule has 1 N–H and O–H groups in total. The lowest BCUT2D eigenvalue weighted by Gasteiger charge is -2.20. The number of rotatable bonds is 4. The first-order chi connectivity index (χ1) is 6.34. The van der Waals surface area contributed by atoms with E-state index in [1.807, 2.05) is 6.92 Å². The van der Waals surface area contributed by atoms with Crippen LogP contribution in [0.5, 0.6) is 0 Å². The Morgan fingerprint density at radius 3 is 2.69 bits per heavy atom. The van der Waals surface area contributed by atoms with Crippen LogP contribution in [0.1, 0.15) is 39.0 Å². The molecule has 0 aromatic carbocycles. The van der Waals surface area contributed by atoms with Crippen LogP contribution < -0.4 is 5.32 Å². The lowest BCUT2D eigenvalue weighted by Crippen LogP contribution is -2.33. The average molecular weight is 185 g/mol. The standard InChI is InChI=1S/C10H19NO2/c1-2-13-8-11-10(12)9-6-4-3-5-7-9/h9H,2-8H2,1H3,(H,11,12). The number of amides is 1. The van der Waals surface area contributed by atoms with E-state index in [1.54, 1.807) is 0 Å². The maximum atomic E-state index is 11.5. The van der Waals surface area contributed by atoms with Gasteiger partial charge in [-0.15, -0.1) is 0 Å². The van der Waals surface area contributed by atoms with Crippen molar-refractivity contribution in [3.63, 3.8) is 0 Å². The molecule has 0 aromatic heterocycles. The summed E-state index contributed by atoms with van der Waals surface area (Å²) in [7, 11) is 0. The fourth-order valence-corrected chi connectivity index (χ4v) is 1.73. The van der Waals surface area contributed by atoms with Crippen LogP contribution in [0, 0.1) is 5.92 Å². The lowest BCUT2D eigenvalue weighted by molar-refractivity contribution is -0.127. The first-order valence-corrected chi connectivity index (χ1v) is 5.20. The summed E-state index contributed by atoms with van der Waals surface area (Å²) in [5.41, 5.74) is 0. The van der Waals surface area contributed by atoms with Gasteiger partial charge in [-0.2, -0.15) is 0 Å². The van der Waals surface area contributed by atoms with Crippen LogP contribution in [0.25, 0.3) is 0 Å². The molecule has 0 saturated heterocycles. The Morgan fingerprint density at radius 1 is 1.38 bits per heavy atom. The number of hydrogen-bond donors (Lipinski definition) is 1. The van der Waals surface area contributed by atoms with Crippen LogP contribution in [0.4, 0.5) is 0 Å².